The van der Waals surface area contributed by atoms with Gasteiger partial charge in [-0.15, -0.1) is 0 Å². The third kappa shape index (κ3) is 7.24. The highest BCUT2D eigenvalue weighted by Crippen LogP contribution is 2.19. The van der Waals surface area contributed by atoms with Crippen LogP contribution in [0.4, 0.5) is 9.18 Å². The van der Waals surface area contributed by atoms with Crippen molar-refractivity contribution in [3.63, 3.8) is 0 Å². The van der Waals surface area contributed by atoms with Crippen molar-refractivity contribution in [3.05, 3.63) is 65.4 Å². The van der Waals surface area contributed by atoms with Gasteiger partial charge in [0.2, 0.25) is 0 Å². The van der Waals surface area contributed by atoms with Crippen molar-refractivity contribution in [3.8, 4) is 5.75 Å². The van der Waals surface area contributed by atoms with E-state index in [9.17, 15) is 9.18 Å². The summed E-state index contributed by atoms with van der Waals surface area (Å²) in [5.41, 5.74) is -0.313. The lowest BCUT2D eigenvalue weighted by atomic mass is 10.0. The summed E-state index contributed by atoms with van der Waals surface area (Å²) in [5.74, 6) is -0.805. The van der Waals surface area contributed by atoms with Gasteiger partial charge < -0.3 is 19.9 Å². The number of ether oxygens (including phenoxy) is 1. The standard InChI is InChI=1S/C25H34FN3O2/c1-19(2)18-31-24-10-6-20(7-11-24)16-27-25(30)29(23-12-14-28(3)15-13-23)17-21-4-8-22(26)9-5-21/h4-11,19,23H,12-18H2,1-3H3,(H,27,30)/i6D,7D,10D,11D,14D2,15D2,17D2. The second-order valence-corrected chi connectivity index (χ2v) is 7.60. The Labute approximate surface area is 199 Å². The van der Waals surface area contributed by atoms with Crippen molar-refractivity contribution in [2.24, 2.45) is 5.92 Å². The van der Waals surface area contributed by atoms with E-state index >= 15 is 0 Å². The monoisotopic (exact) mass is 437 g/mol. The molecule has 2 amide bonds. The molecule has 2 aromatic carbocycles. The van der Waals surface area contributed by atoms with Crippen LogP contribution in [0.25, 0.3) is 0 Å². The van der Waals surface area contributed by atoms with E-state index < -0.39 is 80.9 Å². The van der Waals surface area contributed by atoms with Crippen molar-refractivity contribution >= 4 is 6.03 Å². The topological polar surface area (TPSA) is 44.8 Å². The first-order valence-corrected chi connectivity index (χ1v) is 10.1. The summed E-state index contributed by atoms with van der Waals surface area (Å²) in [4.78, 5) is 15.2. The number of carbonyl (C=O) groups is 1. The maximum atomic E-state index is 13.6. The summed E-state index contributed by atoms with van der Waals surface area (Å²) >= 11 is 0. The molecule has 1 N–H and O–H groups in total. The first-order chi connectivity index (χ1) is 18.8. The maximum absolute atomic E-state index is 13.6. The quantitative estimate of drug-likeness (QED) is 0.653. The molecule has 31 heavy (non-hydrogen) atoms. The van der Waals surface area contributed by atoms with Gasteiger partial charge in [0.15, 0.2) is 0 Å². The highest BCUT2D eigenvalue weighted by Gasteiger charge is 2.27. The first-order valence-electron chi connectivity index (χ1n) is 15.1. The van der Waals surface area contributed by atoms with Crippen LogP contribution in [-0.2, 0) is 13.0 Å². The molecule has 0 spiro atoms. The van der Waals surface area contributed by atoms with E-state index in [2.05, 4.69) is 5.32 Å². The lowest BCUT2D eigenvalue weighted by Gasteiger charge is -2.37. The van der Waals surface area contributed by atoms with Gasteiger partial charge in [-0.3, -0.25) is 0 Å². The Kier molecular flexibility index (Phi) is 4.70. The molecular formula is C25H34FN3O2. The number of nitrogens with zero attached hydrogens (tertiary/aromatic N) is 2. The summed E-state index contributed by atoms with van der Waals surface area (Å²) in [6.07, 6.45) is -0.889. The first kappa shape index (κ1) is 13.1. The predicted octanol–water partition coefficient (Wildman–Crippen LogP) is 4.67. The predicted molar refractivity (Wildman–Crippen MR) is 121 cm³/mol. The van der Waals surface area contributed by atoms with Gasteiger partial charge in [-0.25, -0.2) is 9.18 Å². The van der Waals surface area contributed by atoms with Crippen LogP contribution in [0.3, 0.4) is 0 Å². The minimum atomic E-state index is -2.66. The Morgan fingerprint density at radius 1 is 1.26 bits per heavy atom. The van der Waals surface area contributed by atoms with Crippen LogP contribution < -0.4 is 10.1 Å². The van der Waals surface area contributed by atoms with Gasteiger partial charge in [-0.05, 0) is 74.1 Å². The lowest BCUT2D eigenvalue weighted by molar-refractivity contribution is 0.127. The Balaban J connectivity index is 2.00. The van der Waals surface area contributed by atoms with Crippen molar-refractivity contribution in [1.29, 1.82) is 0 Å². The van der Waals surface area contributed by atoms with E-state index in [0.29, 0.717) is 4.90 Å². The van der Waals surface area contributed by atoms with Gasteiger partial charge in [-0.2, -0.15) is 0 Å². The third-order valence-electron chi connectivity index (χ3n) is 4.44. The molecular weight excluding hydrogens is 393 g/mol. The van der Waals surface area contributed by atoms with E-state index in [1.54, 1.807) is 0 Å². The zero-order valence-electron chi connectivity index (χ0n) is 27.9. The van der Waals surface area contributed by atoms with Gasteiger partial charge in [0.05, 0.1) is 14.8 Å². The molecule has 1 saturated heterocycles. The molecule has 0 aromatic heterocycles. The van der Waals surface area contributed by atoms with Crippen molar-refractivity contribution in [2.45, 2.75) is 45.8 Å². The third-order valence-corrected chi connectivity index (χ3v) is 4.44. The van der Waals surface area contributed by atoms with E-state index in [-0.39, 0.29) is 29.4 Å². The Morgan fingerprint density at radius 2 is 1.90 bits per heavy atom. The highest BCUT2D eigenvalue weighted by atomic mass is 19.1. The number of urea groups is 1. The molecule has 3 rings (SSSR count). The van der Waals surface area contributed by atoms with Crippen LogP contribution >= 0.6 is 0 Å². The Hall–Kier alpha value is -2.60. The number of nitrogens with one attached hydrogen (secondary N) is 1. The summed E-state index contributed by atoms with van der Waals surface area (Å²) in [5, 5.41) is 2.42. The molecule has 1 aliphatic rings. The molecule has 0 saturated carbocycles. The van der Waals surface area contributed by atoms with Crippen LogP contribution in [0.15, 0.2) is 48.4 Å². The minimum Gasteiger partial charge on any atom is -0.493 e. The minimum absolute atomic E-state index is 0.0650. The van der Waals surface area contributed by atoms with Crippen molar-refractivity contribution < 1.29 is 27.6 Å². The van der Waals surface area contributed by atoms with Crippen molar-refractivity contribution in [1.82, 2.24) is 15.1 Å². The molecule has 0 aliphatic carbocycles. The molecule has 1 aliphatic heterocycles. The summed E-state index contributed by atoms with van der Waals surface area (Å²) in [7, 11) is 1.26. The van der Waals surface area contributed by atoms with E-state index in [0.717, 1.165) is 29.2 Å². The summed E-state index contributed by atoms with van der Waals surface area (Å²) in [6.45, 7) is -3.82. The van der Waals surface area contributed by atoms with Gasteiger partial charge in [0.25, 0.3) is 0 Å². The fraction of sp³-hybridized carbons (Fsp3) is 0.480. The van der Waals surface area contributed by atoms with Gasteiger partial charge >= 0.3 is 6.03 Å². The fourth-order valence-electron chi connectivity index (χ4n) is 2.75. The fourth-order valence-corrected chi connectivity index (χ4v) is 2.75. The van der Waals surface area contributed by atoms with Crippen LogP contribution in [-0.4, -0.2) is 48.5 Å². The molecule has 168 valence electrons. The SMILES string of the molecule is [2H]c1c([2H])c(OCC(C)C)c([2H])c([2H])c1CNC(=O)N(C1CC([2H])([2H])N(C)C([2H])([2H])C1)C([2H])([2H])c1ccc(F)cc1. The Bertz CT molecular complexity index is 1230. The van der Waals surface area contributed by atoms with Crippen molar-refractivity contribution in [2.75, 3.05) is 26.6 Å². The molecule has 0 bridgehead atoms. The number of hydrogen-bond acceptors (Lipinski definition) is 3. The highest BCUT2D eigenvalue weighted by molar-refractivity contribution is 5.74. The number of rotatable bonds is 8. The smallest absolute Gasteiger partial charge is 0.318 e. The number of piperidine rings is 1. The number of benzene rings is 2. The normalized spacial score (nSPS) is 23.5. The summed E-state index contributed by atoms with van der Waals surface area (Å²) in [6, 6.07) is 0.0867. The van der Waals surface area contributed by atoms with Gasteiger partial charge in [-0.1, -0.05) is 38.1 Å². The zero-order valence-corrected chi connectivity index (χ0v) is 17.9. The largest absolute Gasteiger partial charge is 0.493 e. The van der Waals surface area contributed by atoms with E-state index in [4.69, 9.17) is 18.4 Å². The Morgan fingerprint density at radius 3 is 2.52 bits per heavy atom. The number of halogens is 1. The maximum Gasteiger partial charge on any atom is 0.318 e. The molecule has 0 radical (unpaired) electrons. The summed E-state index contributed by atoms with van der Waals surface area (Å²) < 4.78 is 103. The number of amides is 2. The average Bonchev–Trinajstić information content (AvgIpc) is 2.85. The second kappa shape index (κ2) is 11.1. The van der Waals surface area contributed by atoms with Crippen LogP contribution in [0.5, 0.6) is 5.75 Å². The van der Waals surface area contributed by atoms with E-state index in [1.807, 2.05) is 13.8 Å². The van der Waals surface area contributed by atoms with Gasteiger partial charge in [0.1, 0.15) is 11.6 Å². The average molecular weight is 438 g/mol. The molecule has 1 heterocycles. The van der Waals surface area contributed by atoms with Crippen LogP contribution in [0.2, 0.25) is 0 Å². The molecule has 0 unspecified atom stereocenters. The molecule has 2 aromatic rings. The zero-order chi connectivity index (χ0) is 31.1. The molecule has 6 heteroatoms. The van der Waals surface area contributed by atoms with E-state index in [1.165, 1.54) is 7.05 Å². The van der Waals surface area contributed by atoms with Gasteiger partial charge in [0, 0.05) is 24.6 Å². The number of likely N-dealkylation sites (tertiary alicyclic amines) is 1. The van der Waals surface area contributed by atoms with Crippen LogP contribution in [0, 0.1) is 11.7 Å². The second-order valence-electron chi connectivity index (χ2n) is 7.60. The number of hydrogen-bond donors (Lipinski definition) is 1. The molecule has 1 fully saturated rings. The lowest BCUT2D eigenvalue weighted by Crippen LogP contribution is -2.49. The van der Waals surface area contributed by atoms with Crippen LogP contribution in [0.1, 0.15) is 51.5 Å². The molecule has 0 atom stereocenters. The molecule has 5 nitrogen and oxygen atoms in total. The number of carbonyl (C=O) groups excluding carboxylic acids is 1.